The van der Waals surface area contributed by atoms with Crippen LogP contribution in [0.2, 0.25) is 0 Å². The molecule has 1 unspecified atom stereocenters. The number of carboxylic acids is 1. The van der Waals surface area contributed by atoms with E-state index < -0.39 is 11.4 Å². The number of esters is 1. The fourth-order valence-corrected chi connectivity index (χ4v) is 3.38. The van der Waals surface area contributed by atoms with Gasteiger partial charge in [0, 0.05) is 0 Å². The Hall–Kier alpha value is -2.36. The third kappa shape index (κ3) is 3.36. The molecule has 4 heteroatoms. The molecule has 0 bridgehead atoms. The molecule has 120 valence electrons. The summed E-state index contributed by atoms with van der Waals surface area (Å²) in [5.41, 5.74) is 0.378. The van der Waals surface area contributed by atoms with Gasteiger partial charge in [-0.3, -0.25) is 9.59 Å². The van der Waals surface area contributed by atoms with Gasteiger partial charge in [0.25, 0.3) is 0 Å². The van der Waals surface area contributed by atoms with Gasteiger partial charge in [-0.05, 0) is 42.0 Å². The normalized spacial score (nSPS) is 20.6. The van der Waals surface area contributed by atoms with Gasteiger partial charge in [-0.25, -0.2) is 0 Å². The van der Waals surface area contributed by atoms with Gasteiger partial charge in [0.15, 0.2) is 0 Å². The van der Waals surface area contributed by atoms with E-state index in [0.717, 1.165) is 12.8 Å². The van der Waals surface area contributed by atoms with Crippen molar-refractivity contribution in [3.63, 3.8) is 0 Å². The first-order chi connectivity index (χ1) is 11.1. The summed E-state index contributed by atoms with van der Waals surface area (Å²) in [5, 5.41) is 11.5. The SMILES string of the molecule is O=C(O)CC1(CCCc2ccc3ccccc3c2)CCOC1=O. The van der Waals surface area contributed by atoms with Gasteiger partial charge in [0.05, 0.1) is 18.4 Å². The average Bonchev–Trinajstić information content (AvgIpc) is 2.87. The molecule has 23 heavy (non-hydrogen) atoms. The molecule has 2 aromatic rings. The quantitative estimate of drug-likeness (QED) is 0.828. The number of cyclic esters (lactones) is 1. The highest BCUT2D eigenvalue weighted by molar-refractivity contribution is 5.84. The summed E-state index contributed by atoms with van der Waals surface area (Å²) >= 11 is 0. The molecule has 0 aromatic heterocycles. The Labute approximate surface area is 135 Å². The highest BCUT2D eigenvalue weighted by atomic mass is 16.5. The highest BCUT2D eigenvalue weighted by Gasteiger charge is 2.45. The molecule has 1 N–H and O–H groups in total. The molecule has 1 atom stereocenters. The molecular formula is C19H20O4. The Morgan fingerprint density at radius 2 is 1.96 bits per heavy atom. The summed E-state index contributed by atoms with van der Waals surface area (Å²) in [6.07, 6.45) is 2.55. The van der Waals surface area contributed by atoms with Crippen LogP contribution in [0.4, 0.5) is 0 Å². The van der Waals surface area contributed by atoms with Crippen molar-refractivity contribution in [3.05, 3.63) is 48.0 Å². The van der Waals surface area contributed by atoms with Crippen molar-refractivity contribution in [2.45, 2.75) is 32.1 Å². The van der Waals surface area contributed by atoms with Crippen LogP contribution in [0.1, 0.15) is 31.2 Å². The lowest BCUT2D eigenvalue weighted by molar-refractivity contribution is -0.152. The molecular weight excluding hydrogens is 292 g/mol. The van der Waals surface area contributed by atoms with E-state index in [2.05, 4.69) is 30.3 Å². The Morgan fingerprint density at radius 3 is 2.65 bits per heavy atom. The summed E-state index contributed by atoms with van der Waals surface area (Å²) in [5.74, 6) is -1.28. The molecule has 0 aliphatic carbocycles. The number of aryl methyl sites for hydroxylation is 1. The molecule has 0 spiro atoms. The maximum atomic E-state index is 12.0. The first-order valence-electron chi connectivity index (χ1n) is 7.96. The van der Waals surface area contributed by atoms with Crippen LogP contribution in [0.3, 0.4) is 0 Å². The largest absolute Gasteiger partial charge is 0.481 e. The van der Waals surface area contributed by atoms with Crippen LogP contribution in [-0.4, -0.2) is 23.7 Å². The lowest BCUT2D eigenvalue weighted by atomic mass is 9.78. The van der Waals surface area contributed by atoms with Crippen LogP contribution >= 0.6 is 0 Å². The highest BCUT2D eigenvalue weighted by Crippen LogP contribution is 2.39. The second kappa shape index (κ2) is 6.41. The summed E-state index contributed by atoms with van der Waals surface area (Å²) in [6.45, 7) is 0.335. The Kier molecular flexibility index (Phi) is 4.33. The maximum absolute atomic E-state index is 12.0. The van der Waals surface area contributed by atoms with Gasteiger partial charge in [0.1, 0.15) is 0 Å². The van der Waals surface area contributed by atoms with Gasteiger partial charge in [-0.15, -0.1) is 0 Å². The molecule has 0 amide bonds. The average molecular weight is 312 g/mol. The van der Waals surface area contributed by atoms with Crippen molar-refractivity contribution in [2.24, 2.45) is 5.41 Å². The van der Waals surface area contributed by atoms with E-state index in [-0.39, 0.29) is 12.4 Å². The van der Waals surface area contributed by atoms with E-state index in [9.17, 15) is 9.59 Å². The van der Waals surface area contributed by atoms with Crippen LogP contribution in [-0.2, 0) is 20.7 Å². The fourth-order valence-electron chi connectivity index (χ4n) is 3.38. The van der Waals surface area contributed by atoms with Crippen molar-refractivity contribution in [2.75, 3.05) is 6.61 Å². The number of carboxylic acid groups (broad SMARTS) is 1. The molecule has 0 radical (unpaired) electrons. The zero-order chi connectivity index (χ0) is 16.3. The lowest BCUT2D eigenvalue weighted by Gasteiger charge is -2.22. The topological polar surface area (TPSA) is 63.6 Å². The molecule has 1 saturated heterocycles. The predicted octanol–water partition coefficient (Wildman–Crippen LogP) is 3.57. The molecule has 0 saturated carbocycles. The minimum Gasteiger partial charge on any atom is -0.481 e. The number of carbonyl (C=O) groups is 2. The summed E-state index contributed by atoms with van der Waals surface area (Å²) < 4.78 is 5.03. The number of carbonyl (C=O) groups excluding carboxylic acids is 1. The number of aliphatic carboxylic acids is 1. The maximum Gasteiger partial charge on any atom is 0.312 e. The number of fused-ring (bicyclic) bond motifs is 1. The zero-order valence-electron chi connectivity index (χ0n) is 13.0. The first-order valence-corrected chi connectivity index (χ1v) is 7.96. The van der Waals surface area contributed by atoms with Crippen LogP contribution in [0, 0.1) is 5.41 Å². The monoisotopic (exact) mass is 312 g/mol. The number of benzene rings is 2. The van der Waals surface area contributed by atoms with Crippen LogP contribution < -0.4 is 0 Å². The molecule has 1 fully saturated rings. The molecule has 2 aromatic carbocycles. The van der Waals surface area contributed by atoms with E-state index in [4.69, 9.17) is 9.84 Å². The van der Waals surface area contributed by atoms with Crippen molar-refractivity contribution in [3.8, 4) is 0 Å². The second-order valence-corrected chi connectivity index (χ2v) is 6.27. The number of hydrogen-bond acceptors (Lipinski definition) is 3. The standard InChI is InChI=1S/C19H20O4/c20-17(21)13-19(10-11-23-18(19)22)9-3-4-14-7-8-15-5-1-2-6-16(15)12-14/h1-2,5-8,12H,3-4,9-11,13H2,(H,20,21). The van der Waals surface area contributed by atoms with Crippen molar-refractivity contribution >= 4 is 22.7 Å². The van der Waals surface area contributed by atoms with Crippen LogP contribution in [0.25, 0.3) is 10.8 Å². The van der Waals surface area contributed by atoms with Crippen molar-refractivity contribution in [1.29, 1.82) is 0 Å². The molecule has 1 aliphatic heterocycles. The minimum absolute atomic E-state index is 0.135. The Bertz CT molecular complexity index is 737. The van der Waals surface area contributed by atoms with Crippen LogP contribution in [0.5, 0.6) is 0 Å². The molecule has 4 nitrogen and oxygen atoms in total. The lowest BCUT2D eigenvalue weighted by Crippen LogP contribution is -2.29. The smallest absolute Gasteiger partial charge is 0.312 e. The van der Waals surface area contributed by atoms with Gasteiger partial charge >= 0.3 is 11.9 Å². The minimum atomic E-state index is -0.936. The first kappa shape index (κ1) is 15.5. The van der Waals surface area contributed by atoms with E-state index >= 15 is 0 Å². The zero-order valence-corrected chi connectivity index (χ0v) is 13.0. The van der Waals surface area contributed by atoms with E-state index in [0.29, 0.717) is 19.4 Å². The second-order valence-electron chi connectivity index (χ2n) is 6.27. The third-order valence-electron chi connectivity index (χ3n) is 4.67. The van der Waals surface area contributed by atoms with E-state index in [1.54, 1.807) is 0 Å². The predicted molar refractivity (Wildman–Crippen MR) is 87.1 cm³/mol. The molecule has 3 rings (SSSR count). The van der Waals surface area contributed by atoms with Gasteiger partial charge in [-0.2, -0.15) is 0 Å². The van der Waals surface area contributed by atoms with Gasteiger partial charge in [-0.1, -0.05) is 42.5 Å². The summed E-state index contributed by atoms with van der Waals surface area (Å²) in [7, 11) is 0. The van der Waals surface area contributed by atoms with Crippen molar-refractivity contribution in [1.82, 2.24) is 0 Å². The fraction of sp³-hybridized carbons (Fsp3) is 0.368. The third-order valence-corrected chi connectivity index (χ3v) is 4.67. The van der Waals surface area contributed by atoms with E-state index in [1.807, 2.05) is 12.1 Å². The number of hydrogen-bond donors (Lipinski definition) is 1. The van der Waals surface area contributed by atoms with Crippen molar-refractivity contribution < 1.29 is 19.4 Å². The molecule has 1 heterocycles. The van der Waals surface area contributed by atoms with Gasteiger partial charge < -0.3 is 9.84 Å². The van der Waals surface area contributed by atoms with Crippen LogP contribution in [0.15, 0.2) is 42.5 Å². The summed E-state index contributed by atoms with van der Waals surface area (Å²) in [4.78, 5) is 23.0. The molecule has 1 aliphatic rings. The summed E-state index contributed by atoms with van der Waals surface area (Å²) in [6, 6.07) is 14.5. The van der Waals surface area contributed by atoms with Gasteiger partial charge in [0.2, 0.25) is 0 Å². The number of rotatable bonds is 6. The Morgan fingerprint density at radius 1 is 1.17 bits per heavy atom. The number of ether oxygens (including phenoxy) is 1. The van der Waals surface area contributed by atoms with E-state index in [1.165, 1.54) is 16.3 Å². The Balaban J connectivity index is 1.66.